The van der Waals surface area contributed by atoms with Gasteiger partial charge in [0.25, 0.3) is 5.56 Å². The molecule has 0 aliphatic carbocycles. The van der Waals surface area contributed by atoms with E-state index in [9.17, 15) is 4.79 Å². The molecule has 1 fully saturated rings. The first-order valence-electron chi connectivity index (χ1n) is 10.2. The standard InChI is InChI=1S/C23H26N4O2.ClH/c1-18-6-4-13-26(18)14-5-15-29-21-10-8-19(9-11-21)20-16-23(28)27(25-17-20)22-7-2-3-12-24-22;/h2-3,7-12,16-18H,4-6,13-15H2,1H3;1H/t18-;/m1./s1. The van der Waals surface area contributed by atoms with Crippen LogP contribution in [0.25, 0.3) is 16.9 Å². The molecule has 1 aliphatic heterocycles. The maximum Gasteiger partial charge on any atom is 0.273 e. The lowest BCUT2D eigenvalue weighted by atomic mass is 10.1. The van der Waals surface area contributed by atoms with Crippen molar-refractivity contribution in [1.82, 2.24) is 19.7 Å². The molecule has 3 heterocycles. The number of likely N-dealkylation sites (tertiary alicyclic amines) is 1. The molecular weight excluding hydrogens is 400 g/mol. The van der Waals surface area contributed by atoms with Crippen LogP contribution in [-0.2, 0) is 0 Å². The van der Waals surface area contributed by atoms with Crippen molar-refractivity contribution in [3.8, 4) is 22.7 Å². The van der Waals surface area contributed by atoms with Gasteiger partial charge in [0.1, 0.15) is 5.75 Å². The number of ether oxygens (including phenoxy) is 1. The highest BCUT2D eigenvalue weighted by Gasteiger charge is 2.19. The Bertz CT molecular complexity index is 992. The fourth-order valence-corrected chi connectivity index (χ4v) is 3.74. The summed E-state index contributed by atoms with van der Waals surface area (Å²) in [5.74, 6) is 1.36. The third-order valence-corrected chi connectivity index (χ3v) is 5.40. The van der Waals surface area contributed by atoms with E-state index in [4.69, 9.17) is 4.74 Å². The number of hydrogen-bond acceptors (Lipinski definition) is 5. The van der Waals surface area contributed by atoms with E-state index < -0.39 is 0 Å². The molecule has 0 radical (unpaired) electrons. The first-order valence-corrected chi connectivity index (χ1v) is 10.2. The number of nitrogens with zero attached hydrogens (tertiary/aromatic N) is 4. The Morgan fingerprint density at radius 3 is 2.63 bits per heavy atom. The van der Waals surface area contributed by atoms with Crippen LogP contribution < -0.4 is 10.3 Å². The van der Waals surface area contributed by atoms with Crippen LogP contribution in [0.5, 0.6) is 5.75 Å². The zero-order valence-corrected chi connectivity index (χ0v) is 17.9. The van der Waals surface area contributed by atoms with E-state index in [-0.39, 0.29) is 18.0 Å². The van der Waals surface area contributed by atoms with Gasteiger partial charge in [-0.2, -0.15) is 9.78 Å². The molecule has 158 valence electrons. The summed E-state index contributed by atoms with van der Waals surface area (Å²) >= 11 is 0. The van der Waals surface area contributed by atoms with Crippen LogP contribution in [0.4, 0.5) is 0 Å². The zero-order chi connectivity index (χ0) is 20.1. The Hall–Kier alpha value is -2.70. The van der Waals surface area contributed by atoms with E-state index in [1.807, 2.05) is 30.3 Å². The van der Waals surface area contributed by atoms with Gasteiger partial charge in [0.2, 0.25) is 0 Å². The van der Waals surface area contributed by atoms with Gasteiger partial charge >= 0.3 is 0 Å². The molecule has 0 bridgehead atoms. The maximum atomic E-state index is 12.4. The van der Waals surface area contributed by atoms with Crippen LogP contribution >= 0.6 is 12.4 Å². The molecule has 0 N–H and O–H groups in total. The molecule has 1 aliphatic rings. The average Bonchev–Trinajstić information content (AvgIpc) is 3.17. The molecule has 6 nitrogen and oxygen atoms in total. The van der Waals surface area contributed by atoms with Crippen LogP contribution in [0.15, 0.2) is 65.7 Å². The highest BCUT2D eigenvalue weighted by atomic mass is 35.5. The fourth-order valence-electron chi connectivity index (χ4n) is 3.74. The molecule has 2 aromatic heterocycles. The van der Waals surface area contributed by atoms with Crippen molar-refractivity contribution >= 4 is 12.4 Å². The summed E-state index contributed by atoms with van der Waals surface area (Å²) in [4.78, 5) is 19.1. The van der Waals surface area contributed by atoms with Crippen LogP contribution in [0.3, 0.4) is 0 Å². The summed E-state index contributed by atoms with van der Waals surface area (Å²) in [6.07, 6.45) is 6.97. The molecule has 4 rings (SSSR count). The molecule has 3 aromatic rings. The highest BCUT2D eigenvalue weighted by Crippen LogP contribution is 2.21. The Balaban J connectivity index is 0.00000256. The van der Waals surface area contributed by atoms with Crippen molar-refractivity contribution < 1.29 is 4.74 Å². The van der Waals surface area contributed by atoms with Crippen molar-refractivity contribution in [2.24, 2.45) is 0 Å². The average molecular weight is 427 g/mol. The largest absolute Gasteiger partial charge is 0.494 e. The van der Waals surface area contributed by atoms with Crippen molar-refractivity contribution in [2.75, 3.05) is 19.7 Å². The van der Waals surface area contributed by atoms with Crippen LogP contribution in [0, 0.1) is 0 Å². The fraction of sp³-hybridized carbons (Fsp3) is 0.348. The van der Waals surface area contributed by atoms with Gasteiger partial charge < -0.3 is 9.64 Å². The molecule has 1 saturated heterocycles. The Labute approximate surface area is 182 Å². The van der Waals surface area contributed by atoms with Crippen molar-refractivity contribution in [2.45, 2.75) is 32.2 Å². The van der Waals surface area contributed by atoms with Gasteiger partial charge in [0.15, 0.2) is 5.82 Å². The lowest BCUT2D eigenvalue weighted by molar-refractivity contribution is 0.230. The third-order valence-electron chi connectivity index (χ3n) is 5.40. The second kappa shape index (κ2) is 10.4. The summed E-state index contributed by atoms with van der Waals surface area (Å²) in [5, 5.41) is 4.26. The molecule has 0 spiro atoms. The molecule has 0 amide bonds. The minimum absolute atomic E-state index is 0. The number of benzene rings is 1. The van der Waals surface area contributed by atoms with Crippen molar-refractivity contribution in [3.63, 3.8) is 0 Å². The first kappa shape index (κ1) is 22.0. The Morgan fingerprint density at radius 2 is 1.97 bits per heavy atom. The van der Waals surface area contributed by atoms with Gasteiger partial charge in [-0.05, 0) is 62.6 Å². The van der Waals surface area contributed by atoms with Gasteiger partial charge in [-0.25, -0.2) is 4.98 Å². The monoisotopic (exact) mass is 426 g/mol. The smallest absolute Gasteiger partial charge is 0.273 e. The zero-order valence-electron chi connectivity index (χ0n) is 17.1. The maximum absolute atomic E-state index is 12.4. The van der Waals surface area contributed by atoms with Crippen molar-refractivity contribution in [3.05, 3.63) is 71.3 Å². The predicted molar refractivity (Wildman–Crippen MR) is 121 cm³/mol. The van der Waals surface area contributed by atoms with Gasteiger partial charge in [0, 0.05) is 30.4 Å². The quantitative estimate of drug-likeness (QED) is 0.535. The Morgan fingerprint density at radius 1 is 1.13 bits per heavy atom. The van der Waals surface area contributed by atoms with Gasteiger partial charge in [-0.1, -0.05) is 18.2 Å². The third kappa shape index (κ3) is 5.26. The predicted octanol–water partition coefficient (Wildman–Crippen LogP) is 3.97. The van der Waals surface area contributed by atoms with Crippen molar-refractivity contribution in [1.29, 1.82) is 0 Å². The minimum Gasteiger partial charge on any atom is -0.494 e. The lowest BCUT2D eigenvalue weighted by Gasteiger charge is -2.20. The molecular formula is C23H27ClN4O2. The summed E-state index contributed by atoms with van der Waals surface area (Å²) in [5.41, 5.74) is 1.50. The first-order chi connectivity index (χ1) is 14.2. The van der Waals surface area contributed by atoms with E-state index in [0.29, 0.717) is 18.5 Å². The van der Waals surface area contributed by atoms with Crippen LogP contribution in [0.2, 0.25) is 0 Å². The van der Waals surface area contributed by atoms with E-state index in [0.717, 1.165) is 29.8 Å². The van der Waals surface area contributed by atoms with Gasteiger partial charge in [-0.15, -0.1) is 12.4 Å². The SMILES string of the molecule is C[C@@H]1CCCN1CCCOc1ccc(-c2cnn(-c3ccccn3)c(=O)c2)cc1.Cl. The second-order valence-electron chi connectivity index (χ2n) is 7.44. The lowest BCUT2D eigenvalue weighted by Crippen LogP contribution is -2.28. The normalized spacial score (nSPS) is 16.2. The highest BCUT2D eigenvalue weighted by molar-refractivity contribution is 5.85. The summed E-state index contributed by atoms with van der Waals surface area (Å²) in [6.45, 7) is 5.32. The summed E-state index contributed by atoms with van der Waals surface area (Å²) in [7, 11) is 0. The molecule has 1 atom stereocenters. The second-order valence-corrected chi connectivity index (χ2v) is 7.44. The number of hydrogen-bond donors (Lipinski definition) is 0. The van der Waals surface area contributed by atoms with Gasteiger partial charge in [-0.3, -0.25) is 4.79 Å². The Kier molecular flexibility index (Phi) is 7.60. The summed E-state index contributed by atoms with van der Waals surface area (Å²) < 4.78 is 7.17. The van der Waals surface area contributed by atoms with Gasteiger partial charge in [0.05, 0.1) is 12.8 Å². The number of aromatic nitrogens is 3. The minimum atomic E-state index is -0.210. The van der Waals surface area contributed by atoms with Crippen LogP contribution in [0.1, 0.15) is 26.2 Å². The van der Waals surface area contributed by atoms with Crippen LogP contribution in [-0.4, -0.2) is 45.4 Å². The molecule has 1 aromatic carbocycles. The molecule has 0 unspecified atom stereocenters. The molecule has 7 heteroatoms. The van der Waals surface area contributed by atoms with E-state index in [1.54, 1.807) is 30.6 Å². The van der Waals surface area contributed by atoms with E-state index in [2.05, 4.69) is 21.9 Å². The number of rotatable bonds is 7. The molecule has 30 heavy (non-hydrogen) atoms. The van der Waals surface area contributed by atoms with E-state index in [1.165, 1.54) is 24.1 Å². The summed E-state index contributed by atoms with van der Waals surface area (Å²) in [6, 6.07) is 15.5. The topological polar surface area (TPSA) is 60.2 Å². The number of halogens is 1. The van der Waals surface area contributed by atoms with E-state index >= 15 is 0 Å². The number of pyridine rings is 1. The molecule has 0 saturated carbocycles.